The lowest BCUT2D eigenvalue weighted by atomic mass is 10.1. The van der Waals surface area contributed by atoms with E-state index in [2.05, 4.69) is 11.9 Å². The Labute approximate surface area is 95.3 Å². The average molecular weight is 219 g/mol. The highest BCUT2D eigenvalue weighted by Gasteiger charge is 2.10. The monoisotopic (exact) mass is 219 g/mol. The number of nitrogens with one attached hydrogen (secondary N) is 1. The molecular formula is C12H17N3O. The zero-order valence-electron chi connectivity index (χ0n) is 9.36. The van der Waals surface area contributed by atoms with Gasteiger partial charge >= 0.3 is 0 Å². The molecule has 0 aliphatic carbocycles. The smallest absolute Gasteiger partial charge is 0.250 e. The van der Waals surface area contributed by atoms with Gasteiger partial charge in [0.15, 0.2) is 0 Å². The van der Waals surface area contributed by atoms with Gasteiger partial charge in [-0.3, -0.25) is 4.79 Å². The van der Waals surface area contributed by atoms with Crippen molar-refractivity contribution in [2.75, 3.05) is 11.1 Å². The maximum Gasteiger partial charge on any atom is 0.250 e. The molecule has 0 fully saturated rings. The van der Waals surface area contributed by atoms with Crippen LogP contribution in [0.15, 0.2) is 30.9 Å². The van der Waals surface area contributed by atoms with Crippen LogP contribution < -0.4 is 16.8 Å². The lowest BCUT2D eigenvalue weighted by molar-refractivity contribution is 0.100. The first-order valence-electron chi connectivity index (χ1n) is 5.11. The Hall–Kier alpha value is -1.97. The number of nitrogen functional groups attached to an aromatic ring is 1. The number of carbonyl (C=O) groups is 1. The minimum Gasteiger partial charge on any atom is -0.399 e. The van der Waals surface area contributed by atoms with E-state index in [1.807, 2.05) is 13.0 Å². The lowest BCUT2D eigenvalue weighted by Gasteiger charge is -2.16. The lowest BCUT2D eigenvalue weighted by Crippen LogP contribution is -2.19. The third-order valence-electron chi connectivity index (χ3n) is 2.23. The fraction of sp³-hybridized carbons (Fsp3) is 0.250. The Balaban J connectivity index is 2.96. The Morgan fingerprint density at radius 2 is 2.31 bits per heavy atom. The molecule has 1 amide bonds. The van der Waals surface area contributed by atoms with E-state index in [9.17, 15) is 4.79 Å². The van der Waals surface area contributed by atoms with E-state index >= 15 is 0 Å². The highest BCUT2D eigenvalue weighted by atomic mass is 16.1. The fourth-order valence-corrected chi connectivity index (χ4v) is 1.47. The van der Waals surface area contributed by atoms with Crippen LogP contribution in [-0.4, -0.2) is 11.9 Å². The second-order valence-corrected chi connectivity index (χ2v) is 3.74. The standard InChI is InChI=1S/C12H17N3O/c1-3-4-8(2)15-11-7-9(13)5-6-10(11)12(14)16/h3,5-8,15H,1,4,13H2,2H3,(H2,14,16). The second-order valence-electron chi connectivity index (χ2n) is 3.74. The van der Waals surface area contributed by atoms with Gasteiger partial charge in [-0.15, -0.1) is 6.58 Å². The third kappa shape index (κ3) is 3.02. The second kappa shape index (κ2) is 5.21. The van der Waals surface area contributed by atoms with Crippen LogP contribution in [0.25, 0.3) is 0 Å². The number of hydrogen-bond donors (Lipinski definition) is 3. The quantitative estimate of drug-likeness (QED) is 0.521. The van der Waals surface area contributed by atoms with Gasteiger partial charge in [0.05, 0.1) is 5.56 Å². The molecule has 0 spiro atoms. The predicted octanol–water partition coefficient (Wildman–Crippen LogP) is 1.74. The zero-order valence-corrected chi connectivity index (χ0v) is 9.36. The number of rotatable bonds is 5. The van der Waals surface area contributed by atoms with Crippen LogP contribution in [0.1, 0.15) is 23.7 Å². The van der Waals surface area contributed by atoms with Crippen molar-refractivity contribution >= 4 is 17.3 Å². The largest absolute Gasteiger partial charge is 0.399 e. The Morgan fingerprint density at radius 1 is 1.62 bits per heavy atom. The molecular weight excluding hydrogens is 202 g/mol. The van der Waals surface area contributed by atoms with Gasteiger partial charge in [0.1, 0.15) is 0 Å². The van der Waals surface area contributed by atoms with Gasteiger partial charge in [-0.2, -0.15) is 0 Å². The van der Waals surface area contributed by atoms with Crippen LogP contribution in [0.3, 0.4) is 0 Å². The molecule has 86 valence electrons. The predicted molar refractivity (Wildman–Crippen MR) is 67.3 cm³/mol. The van der Waals surface area contributed by atoms with Gasteiger partial charge in [0.2, 0.25) is 0 Å². The van der Waals surface area contributed by atoms with Crippen molar-refractivity contribution in [3.63, 3.8) is 0 Å². The van der Waals surface area contributed by atoms with E-state index in [0.29, 0.717) is 16.9 Å². The van der Waals surface area contributed by atoms with Gasteiger partial charge in [-0.1, -0.05) is 6.08 Å². The number of benzene rings is 1. The molecule has 4 nitrogen and oxygen atoms in total. The van der Waals surface area contributed by atoms with Crippen molar-refractivity contribution in [1.82, 2.24) is 0 Å². The van der Waals surface area contributed by atoms with Gasteiger partial charge in [0.25, 0.3) is 5.91 Å². The minimum atomic E-state index is -0.465. The SMILES string of the molecule is C=CCC(C)Nc1cc(N)ccc1C(N)=O. The van der Waals surface area contributed by atoms with E-state index in [1.165, 1.54) is 0 Å². The van der Waals surface area contributed by atoms with E-state index in [4.69, 9.17) is 11.5 Å². The molecule has 0 heterocycles. The van der Waals surface area contributed by atoms with Crippen LogP contribution in [0.2, 0.25) is 0 Å². The Bertz CT molecular complexity index is 401. The Kier molecular flexibility index (Phi) is 3.94. The van der Waals surface area contributed by atoms with Gasteiger partial charge in [-0.05, 0) is 31.5 Å². The van der Waals surface area contributed by atoms with Crippen molar-refractivity contribution < 1.29 is 4.79 Å². The summed E-state index contributed by atoms with van der Waals surface area (Å²) in [6.45, 7) is 5.66. The van der Waals surface area contributed by atoms with Crippen molar-refractivity contribution in [3.8, 4) is 0 Å². The Morgan fingerprint density at radius 3 is 2.88 bits per heavy atom. The molecule has 5 N–H and O–H groups in total. The molecule has 1 unspecified atom stereocenters. The van der Waals surface area contributed by atoms with Crippen LogP contribution in [0.5, 0.6) is 0 Å². The van der Waals surface area contributed by atoms with E-state index in [-0.39, 0.29) is 6.04 Å². The zero-order chi connectivity index (χ0) is 12.1. The van der Waals surface area contributed by atoms with E-state index in [1.54, 1.807) is 18.2 Å². The maximum absolute atomic E-state index is 11.2. The van der Waals surface area contributed by atoms with Gasteiger partial charge in [-0.25, -0.2) is 0 Å². The summed E-state index contributed by atoms with van der Waals surface area (Å²) >= 11 is 0. The first-order valence-corrected chi connectivity index (χ1v) is 5.11. The molecule has 1 aromatic rings. The van der Waals surface area contributed by atoms with Gasteiger partial charge in [0, 0.05) is 17.4 Å². The highest BCUT2D eigenvalue weighted by Crippen LogP contribution is 2.20. The van der Waals surface area contributed by atoms with Crippen molar-refractivity contribution in [3.05, 3.63) is 36.4 Å². The first kappa shape index (κ1) is 12.1. The number of primary amides is 1. The molecule has 0 saturated heterocycles. The molecule has 1 aromatic carbocycles. The molecule has 0 aliphatic heterocycles. The summed E-state index contributed by atoms with van der Waals surface area (Å²) in [5, 5.41) is 3.18. The minimum absolute atomic E-state index is 0.178. The number of anilines is 2. The first-order chi connectivity index (χ1) is 7.54. The molecule has 0 radical (unpaired) electrons. The molecule has 0 aliphatic rings. The summed E-state index contributed by atoms with van der Waals surface area (Å²) in [7, 11) is 0. The third-order valence-corrected chi connectivity index (χ3v) is 2.23. The summed E-state index contributed by atoms with van der Waals surface area (Å²) in [6, 6.07) is 5.17. The van der Waals surface area contributed by atoms with E-state index < -0.39 is 5.91 Å². The van der Waals surface area contributed by atoms with Crippen LogP contribution >= 0.6 is 0 Å². The normalized spacial score (nSPS) is 11.8. The summed E-state index contributed by atoms with van der Waals surface area (Å²) in [4.78, 5) is 11.2. The molecule has 16 heavy (non-hydrogen) atoms. The van der Waals surface area contributed by atoms with Crippen LogP contribution in [0.4, 0.5) is 11.4 Å². The van der Waals surface area contributed by atoms with Crippen LogP contribution in [0, 0.1) is 0 Å². The summed E-state index contributed by atoms with van der Waals surface area (Å²) in [6.07, 6.45) is 2.61. The number of hydrogen-bond acceptors (Lipinski definition) is 3. The number of nitrogens with two attached hydrogens (primary N) is 2. The molecule has 4 heteroatoms. The summed E-state index contributed by atoms with van der Waals surface area (Å²) in [5.74, 6) is -0.465. The van der Waals surface area contributed by atoms with Crippen molar-refractivity contribution in [1.29, 1.82) is 0 Å². The molecule has 0 saturated carbocycles. The molecule has 0 aromatic heterocycles. The van der Waals surface area contributed by atoms with Crippen molar-refractivity contribution in [2.45, 2.75) is 19.4 Å². The topological polar surface area (TPSA) is 81.1 Å². The molecule has 1 rings (SSSR count). The summed E-state index contributed by atoms with van der Waals surface area (Å²) < 4.78 is 0. The maximum atomic E-state index is 11.2. The van der Waals surface area contributed by atoms with Crippen LogP contribution in [-0.2, 0) is 0 Å². The molecule has 0 bridgehead atoms. The highest BCUT2D eigenvalue weighted by molar-refractivity contribution is 5.99. The fourth-order valence-electron chi connectivity index (χ4n) is 1.47. The average Bonchev–Trinajstić information content (AvgIpc) is 2.17. The summed E-state index contributed by atoms with van der Waals surface area (Å²) in [5.41, 5.74) is 12.7. The van der Waals surface area contributed by atoms with E-state index in [0.717, 1.165) is 6.42 Å². The molecule has 1 atom stereocenters. The van der Waals surface area contributed by atoms with Gasteiger partial charge < -0.3 is 16.8 Å². The van der Waals surface area contributed by atoms with Crippen molar-refractivity contribution in [2.24, 2.45) is 5.73 Å². The number of carbonyl (C=O) groups excluding carboxylic acids is 1. The number of amides is 1.